The molecular weight excluding hydrogens is 234 g/mol. The van der Waals surface area contributed by atoms with Crippen LogP contribution in [0.5, 0.6) is 0 Å². The monoisotopic (exact) mass is 261 g/mol. The second-order valence-corrected chi connectivity index (χ2v) is 7.87. The van der Waals surface area contributed by atoms with E-state index in [1.807, 2.05) is 0 Å². The summed E-state index contributed by atoms with van der Waals surface area (Å²) in [5.74, 6) is 3.47. The van der Waals surface area contributed by atoms with Gasteiger partial charge in [-0.05, 0) is 25.3 Å². The lowest BCUT2D eigenvalue weighted by Gasteiger charge is -2.36. The van der Waals surface area contributed by atoms with Gasteiger partial charge in [0.1, 0.15) is 0 Å². The van der Waals surface area contributed by atoms with Crippen molar-refractivity contribution in [3.05, 3.63) is 0 Å². The van der Waals surface area contributed by atoms with Crippen molar-refractivity contribution in [3.8, 4) is 0 Å². The minimum atomic E-state index is 0.716. The molecule has 1 fully saturated rings. The quantitative estimate of drug-likeness (QED) is 0.784. The van der Waals surface area contributed by atoms with Crippen molar-refractivity contribution in [1.82, 2.24) is 5.32 Å². The molecule has 96 valence electrons. The van der Waals surface area contributed by atoms with Gasteiger partial charge in [0.15, 0.2) is 0 Å². The maximum atomic E-state index is 3.77. The SMILES string of the molecule is CCCNC(CC(C)C)C1SCCSC1C. The summed E-state index contributed by atoms with van der Waals surface area (Å²) in [6.07, 6.45) is 2.57. The summed E-state index contributed by atoms with van der Waals surface area (Å²) in [5.41, 5.74) is 0. The average molecular weight is 262 g/mol. The molecule has 0 aromatic carbocycles. The van der Waals surface area contributed by atoms with E-state index < -0.39 is 0 Å². The maximum absolute atomic E-state index is 3.77. The van der Waals surface area contributed by atoms with E-state index in [1.165, 1.54) is 30.9 Å². The van der Waals surface area contributed by atoms with Gasteiger partial charge in [0.05, 0.1) is 0 Å². The zero-order valence-corrected chi connectivity index (χ0v) is 12.8. The summed E-state index contributed by atoms with van der Waals surface area (Å²) in [5, 5.41) is 5.39. The summed E-state index contributed by atoms with van der Waals surface area (Å²) < 4.78 is 0. The van der Waals surface area contributed by atoms with Crippen LogP contribution in [-0.4, -0.2) is 34.6 Å². The molecule has 0 amide bonds. The van der Waals surface area contributed by atoms with Gasteiger partial charge in [-0.25, -0.2) is 0 Å². The first kappa shape index (κ1) is 14.7. The van der Waals surface area contributed by atoms with Crippen molar-refractivity contribution in [2.24, 2.45) is 5.92 Å². The Bertz CT molecular complexity index is 185. The van der Waals surface area contributed by atoms with E-state index in [-0.39, 0.29) is 0 Å². The Labute approximate surface area is 110 Å². The van der Waals surface area contributed by atoms with E-state index in [2.05, 4.69) is 56.5 Å². The summed E-state index contributed by atoms with van der Waals surface area (Å²) in [6, 6.07) is 0.716. The van der Waals surface area contributed by atoms with E-state index in [0.29, 0.717) is 6.04 Å². The zero-order chi connectivity index (χ0) is 12.0. The van der Waals surface area contributed by atoms with Gasteiger partial charge in [-0.3, -0.25) is 0 Å². The molecule has 3 unspecified atom stereocenters. The zero-order valence-electron chi connectivity index (χ0n) is 11.2. The van der Waals surface area contributed by atoms with E-state index in [4.69, 9.17) is 0 Å². The summed E-state index contributed by atoms with van der Waals surface area (Å²) in [6.45, 7) is 10.5. The first-order valence-corrected chi connectivity index (χ1v) is 8.71. The molecule has 3 heteroatoms. The smallest absolute Gasteiger partial charge is 0.0317 e. The molecular formula is C13H27NS2. The molecule has 1 heterocycles. The van der Waals surface area contributed by atoms with E-state index in [9.17, 15) is 0 Å². The highest BCUT2D eigenvalue weighted by Crippen LogP contribution is 2.34. The molecule has 1 N–H and O–H groups in total. The Morgan fingerprint density at radius 3 is 2.50 bits per heavy atom. The number of thioether (sulfide) groups is 2. The summed E-state index contributed by atoms with van der Waals surface area (Å²) in [4.78, 5) is 0. The van der Waals surface area contributed by atoms with Gasteiger partial charge < -0.3 is 5.32 Å². The number of hydrogen-bond donors (Lipinski definition) is 1. The topological polar surface area (TPSA) is 12.0 Å². The predicted molar refractivity (Wildman–Crippen MR) is 79.7 cm³/mol. The fourth-order valence-electron chi connectivity index (χ4n) is 2.26. The number of hydrogen-bond acceptors (Lipinski definition) is 3. The highest BCUT2D eigenvalue weighted by molar-refractivity contribution is 8.07. The molecule has 0 aromatic heterocycles. The van der Waals surface area contributed by atoms with Crippen molar-refractivity contribution in [2.45, 2.75) is 57.1 Å². The van der Waals surface area contributed by atoms with Crippen LogP contribution in [0.1, 0.15) is 40.5 Å². The average Bonchev–Trinajstić information content (AvgIpc) is 2.24. The summed E-state index contributed by atoms with van der Waals surface area (Å²) in [7, 11) is 0. The van der Waals surface area contributed by atoms with Crippen LogP contribution >= 0.6 is 23.5 Å². The molecule has 0 radical (unpaired) electrons. The highest BCUT2D eigenvalue weighted by atomic mass is 32.2. The van der Waals surface area contributed by atoms with E-state index in [1.54, 1.807) is 0 Å². The Kier molecular flexibility index (Phi) is 7.25. The molecule has 3 atom stereocenters. The van der Waals surface area contributed by atoms with Crippen LogP contribution in [0.4, 0.5) is 0 Å². The van der Waals surface area contributed by atoms with Gasteiger partial charge in [0, 0.05) is 28.0 Å². The van der Waals surface area contributed by atoms with Crippen LogP contribution in [0.25, 0.3) is 0 Å². The van der Waals surface area contributed by atoms with Gasteiger partial charge in [0.2, 0.25) is 0 Å². The molecule has 0 aromatic rings. The molecule has 0 bridgehead atoms. The molecule has 1 nitrogen and oxygen atoms in total. The van der Waals surface area contributed by atoms with Crippen LogP contribution in [-0.2, 0) is 0 Å². The van der Waals surface area contributed by atoms with Crippen LogP contribution < -0.4 is 5.32 Å². The fraction of sp³-hybridized carbons (Fsp3) is 1.00. The van der Waals surface area contributed by atoms with Crippen molar-refractivity contribution < 1.29 is 0 Å². The van der Waals surface area contributed by atoms with Gasteiger partial charge in [-0.15, -0.1) is 0 Å². The molecule has 16 heavy (non-hydrogen) atoms. The van der Waals surface area contributed by atoms with Crippen molar-refractivity contribution in [1.29, 1.82) is 0 Å². The third kappa shape index (κ3) is 4.89. The number of rotatable bonds is 6. The minimum Gasteiger partial charge on any atom is -0.313 e. The van der Waals surface area contributed by atoms with E-state index >= 15 is 0 Å². The number of nitrogens with one attached hydrogen (secondary N) is 1. The Hall–Kier alpha value is 0.660. The van der Waals surface area contributed by atoms with Crippen molar-refractivity contribution in [2.75, 3.05) is 18.1 Å². The third-order valence-corrected chi connectivity index (χ3v) is 6.27. The van der Waals surface area contributed by atoms with Crippen LogP contribution in [0.3, 0.4) is 0 Å². The van der Waals surface area contributed by atoms with Gasteiger partial charge in [-0.1, -0.05) is 27.7 Å². The normalized spacial score (nSPS) is 28.3. The second kappa shape index (κ2) is 7.88. The third-order valence-electron chi connectivity index (χ3n) is 3.02. The standard InChI is InChI=1S/C13H27NS2/c1-5-6-14-12(9-10(2)3)13-11(4)15-7-8-16-13/h10-14H,5-9H2,1-4H3. The molecule has 1 rings (SSSR count). The molecule has 1 aliphatic heterocycles. The maximum Gasteiger partial charge on any atom is 0.0317 e. The van der Waals surface area contributed by atoms with Crippen LogP contribution in [0, 0.1) is 5.92 Å². The lowest BCUT2D eigenvalue weighted by molar-refractivity contribution is 0.406. The van der Waals surface area contributed by atoms with Gasteiger partial charge in [0.25, 0.3) is 0 Å². The second-order valence-electron chi connectivity index (χ2n) is 5.10. The first-order chi connectivity index (χ1) is 7.65. The first-order valence-electron chi connectivity index (χ1n) is 6.61. The van der Waals surface area contributed by atoms with Gasteiger partial charge in [-0.2, -0.15) is 23.5 Å². The molecule has 1 saturated heterocycles. The van der Waals surface area contributed by atoms with Crippen LogP contribution in [0.2, 0.25) is 0 Å². The van der Waals surface area contributed by atoms with Gasteiger partial charge >= 0.3 is 0 Å². The summed E-state index contributed by atoms with van der Waals surface area (Å²) >= 11 is 4.34. The Morgan fingerprint density at radius 1 is 1.25 bits per heavy atom. The Balaban J connectivity index is 2.50. The molecule has 1 aliphatic rings. The van der Waals surface area contributed by atoms with Crippen molar-refractivity contribution >= 4 is 23.5 Å². The lowest BCUT2D eigenvalue weighted by Crippen LogP contribution is -2.45. The largest absolute Gasteiger partial charge is 0.313 e. The Morgan fingerprint density at radius 2 is 1.94 bits per heavy atom. The fourth-order valence-corrected chi connectivity index (χ4v) is 5.24. The highest BCUT2D eigenvalue weighted by Gasteiger charge is 2.30. The minimum absolute atomic E-state index is 0.716. The lowest BCUT2D eigenvalue weighted by atomic mass is 9.99. The predicted octanol–water partition coefficient (Wildman–Crippen LogP) is 3.64. The molecule has 0 saturated carbocycles. The van der Waals surface area contributed by atoms with Crippen molar-refractivity contribution in [3.63, 3.8) is 0 Å². The molecule has 0 aliphatic carbocycles. The van der Waals surface area contributed by atoms with Crippen LogP contribution in [0.15, 0.2) is 0 Å². The molecule has 0 spiro atoms. The van der Waals surface area contributed by atoms with E-state index in [0.717, 1.165) is 16.4 Å².